The van der Waals surface area contributed by atoms with Crippen molar-refractivity contribution in [1.82, 2.24) is 5.32 Å². The zero-order chi connectivity index (χ0) is 14.4. The molecule has 0 saturated carbocycles. The molecule has 0 fully saturated rings. The molecular weight excluding hydrogens is 256 g/mol. The van der Waals surface area contributed by atoms with Crippen LogP contribution in [0.25, 0.3) is 0 Å². The fraction of sp³-hybridized carbons (Fsp3) is 0.294. The molecule has 0 bridgehead atoms. The number of nitrogens with one attached hydrogen (secondary N) is 1. The summed E-state index contributed by atoms with van der Waals surface area (Å²) in [6, 6.07) is 14.3. The summed E-state index contributed by atoms with van der Waals surface area (Å²) < 4.78 is 26.3. The van der Waals surface area contributed by atoms with Crippen molar-refractivity contribution in [2.24, 2.45) is 0 Å². The monoisotopic (exact) mass is 275 g/mol. The van der Waals surface area contributed by atoms with E-state index in [2.05, 4.69) is 12.2 Å². The average molecular weight is 275 g/mol. The van der Waals surface area contributed by atoms with Gasteiger partial charge in [-0.2, -0.15) is 0 Å². The molecule has 1 N–H and O–H groups in total. The van der Waals surface area contributed by atoms with E-state index < -0.39 is 11.6 Å². The molecule has 0 radical (unpaired) electrons. The van der Waals surface area contributed by atoms with E-state index in [0.717, 1.165) is 24.1 Å². The Morgan fingerprint density at radius 1 is 1.00 bits per heavy atom. The molecule has 106 valence electrons. The molecule has 1 unspecified atom stereocenters. The van der Waals surface area contributed by atoms with Crippen molar-refractivity contribution in [3.8, 4) is 0 Å². The van der Waals surface area contributed by atoms with Crippen LogP contribution in [0.1, 0.15) is 30.5 Å². The second-order valence-corrected chi connectivity index (χ2v) is 4.87. The lowest BCUT2D eigenvalue weighted by molar-refractivity contribution is 0.500. The highest BCUT2D eigenvalue weighted by atomic mass is 19.2. The van der Waals surface area contributed by atoms with Crippen LogP contribution in [-0.2, 0) is 6.42 Å². The molecule has 20 heavy (non-hydrogen) atoms. The largest absolute Gasteiger partial charge is 0.310 e. The number of hydrogen-bond acceptors (Lipinski definition) is 1. The van der Waals surface area contributed by atoms with E-state index >= 15 is 0 Å². The standard InChI is InChI=1S/C17H19F2N/c1-2-10-20-17(14-6-4-3-5-7-14)12-13-8-9-15(18)16(19)11-13/h3-9,11,17,20H,2,10,12H2,1H3. The number of rotatable bonds is 6. The van der Waals surface area contributed by atoms with Gasteiger partial charge in [-0.3, -0.25) is 0 Å². The van der Waals surface area contributed by atoms with Crippen LogP contribution in [0.4, 0.5) is 8.78 Å². The summed E-state index contributed by atoms with van der Waals surface area (Å²) in [7, 11) is 0. The van der Waals surface area contributed by atoms with Crippen molar-refractivity contribution < 1.29 is 8.78 Å². The Labute approximate surface area is 118 Å². The van der Waals surface area contributed by atoms with Crippen molar-refractivity contribution in [2.75, 3.05) is 6.54 Å². The van der Waals surface area contributed by atoms with Gasteiger partial charge in [-0.15, -0.1) is 0 Å². The molecule has 0 aliphatic rings. The maximum atomic E-state index is 13.3. The SMILES string of the molecule is CCCNC(Cc1ccc(F)c(F)c1)c1ccccc1. The van der Waals surface area contributed by atoms with Gasteiger partial charge in [-0.05, 0) is 42.6 Å². The predicted octanol–water partition coefficient (Wildman–Crippen LogP) is 4.25. The van der Waals surface area contributed by atoms with Gasteiger partial charge in [0.1, 0.15) is 0 Å². The topological polar surface area (TPSA) is 12.0 Å². The minimum absolute atomic E-state index is 0.112. The summed E-state index contributed by atoms with van der Waals surface area (Å²) in [6.45, 7) is 3.00. The normalized spacial score (nSPS) is 12.3. The van der Waals surface area contributed by atoms with Crippen LogP contribution in [0.3, 0.4) is 0 Å². The lowest BCUT2D eigenvalue weighted by Crippen LogP contribution is -2.24. The van der Waals surface area contributed by atoms with E-state index in [1.165, 1.54) is 12.1 Å². The van der Waals surface area contributed by atoms with Crippen LogP contribution in [0.5, 0.6) is 0 Å². The van der Waals surface area contributed by atoms with Gasteiger partial charge >= 0.3 is 0 Å². The molecule has 0 amide bonds. The van der Waals surface area contributed by atoms with Crippen molar-refractivity contribution in [3.63, 3.8) is 0 Å². The number of halogens is 2. The smallest absolute Gasteiger partial charge is 0.159 e. The molecule has 0 spiro atoms. The molecule has 3 heteroatoms. The first-order valence-corrected chi connectivity index (χ1v) is 6.93. The van der Waals surface area contributed by atoms with Crippen LogP contribution < -0.4 is 5.32 Å². The second-order valence-electron chi connectivity index (χ2n) is 4.87. The summed E-state index contributed by atoms with van der Waals surface area (Å²) in [6.07, 6.45) is 1.67. The van der Waals surface area contributed by atoms with E-state index in [-0.39, 0.29) is 6.04 Å². The third-order valence-electron chi connectivity index (χ3n) is 3.27. The molecule has 2 aromatic rings. The minimum Gasteiger partial charge on any atom is -0.310 e. The van der Waals surface area contributed by atoms with Gasteiger partial charge in [0.05, 0.1) is 0 Å². The zero-order valence-electron chi connectivity index (χ0n) is 11.6. The summed E-state index contributed by atoms with van der Waals surface area (Å²) in [5.41, 5.74) is 1.95. The third-order valence-corrected chi connectivity index (χ3v) is 3.27. The summed E-state index contributed by atoms with van der Waals surface area (Å²) in [5.74, 6) is -1.59. The molecule has 0 aliphatic heterocycles. The van der Waals surface area contributed by atoms with Crippen LogP contribution in [-0.4, -0.2) is 6.54 Å². The molecule has 2 aromatic carbocycles. The number of benzene rings is 2. The fourth-order valence-electron chi connectivity index (χ4n) is 2.21. The first kappa shape index (κ1) is 14.7. The third kappa shape index (κ3) is 3.87. The summed E-state index contributed by atoms with van der Waals surface area (Å²) >= 11 is 0. The summed E-state index contributed by atoms with van der Waals surface area (Å²) in [5, 5.41) is 3.45. The molecule has 0 aliphatic carbocycles. The molecule has 1 atom stereocenters. The van der Waals surface area contributed by atoms with E-state index in [1.807, 2.05) is 30.3 Å². The first-order valence-electron chi connectivity index (χ1n) is 6.93. The number of hydrogen-bond donors (Lipinski definition) is 1. The van der Waals surface area contributed by atoms with Gasteiger partial charge in [0.2, 0.25) is 0 Å². The Bertz CT molecular complexity index is 540. The van der Waals surface area contributed by atoms with Crippen LogP contribution in [0, 0.1) is 11.6 Å². The predicted molar refractivity (Wildman–Crippen MR) is 77.5 cm³/mol. The molecule has 1 nitrogen and oxygen atoms in total. The van der Waals surface area contributed by atoms with E-state index in [4.69, 9.17) is 0 Å². The van der Waals surface area contributed by atoms with Gasteiger partial charge in [0.25, 0.3) is 0 Å². The fourth-order valence-corrected chi connectivity index (χ4v) is 2.21. The van der Waals surface area contributed by atoms with E-state index in [9.17, 15) is 8.78 Å². The molecular formula is C17H19F2N. The Hall–Kier alpha value is -1.74. The molecule has 0 aromatic heterocycles. The molecule has 0 saturated heterocycles. The minimum atomic E-state index is -0.800. The zero-order valence-corrected chi connectivity index (χ0v) is 11.6. The Morgan fingerprint density at radius 3 is 2.40 bits per heavy atom. The highest BCUT2D eigenvalue weighted by Gasteiger charge is 2.12. The van der Waals surface area contributed by atoms with Gasteiger partial charge in [-0.1, -0.05) is 43.3 Å². The van der Waals surface area contributed by atoms with Crippen LogP contribution >= 0.6 is 0 Å². The van der Waals surface area contributed by atoms with Crippen molar-refractivity contribution in [3.05, 3.63) is 71.3 Å². The summed E-state index contributed by atoms with van der Waals surface area (Å²) in [4.78, 5) is 0. The van der Waals surface area contributed by atoms with E-state index in [1.54, 1.807) is 6.07 Å². The van der Waals surface area contributed by atoms with Crippen molar-refractivity contribution in [2.45, 2.75) is 25.8 Å². The Kier molecular flexibility index (Phi) is 5.24. The van der Waals surface area contributed by atoms with Gasteiger partial charge < -0.3 is 5.32 Å². The van der Waals surface area contributed by atoms with Gasteiger partial charge in [0.15, 0.2) is 11.6 Å². The molecule has 2 rings (SSSR count). The van der Waals surface area contributed by atoms with Gasteiger partial charge in [0, 0.05) is 6.04 Å². The van der Waals surface area contributed by atoms with Crippen molar-refractivity contribution in [1.29, 1.82) is 0 Å². The Morgan fingerprint density at radius 2 is 1.75 bits per heavy atom. The van der Waals surface area contributed by atoms with Crippen LogP contribution in [0.15, 0.2) is 48.5 Å². The van der Waals surface area contributed by atoms with Crippen molar-refractivity contribution >= 4 is 0 Å². The second kappa shape index (κ2) is 7.15. The van der Waals surface area contributed by atoms with Crippen LogP contribution in [0.2, 0.25) is 0 Å². The maximum absolute atomic E-state index is 13.3. The lowest BCUT2D eigenvalue weighted by atomic mass is 9.98. The van der Waals surface area contributed by atoms with Gasteiger partial charge in [-0.25, -0.2) is 8.78 Å². The Balaban J connectivity index is 2.17. The highest BCUT2D eigenvalue weighted by molar-refractivity contribution is 5.24. The first-order chi connectivity index (χ1) is 9.70. The lowest BCUT2D eigenvalue weighted by Gasteiger charge is -2.19. The maximum Gasteiger partial charge on any atom is 0.159 e. The highest BCUT2D eigenvalue weighted by Crippen LogP contribution is 2.19. The quantitative estimate of drug-likeness (QED) is 0.831. The molecule has 0 heterocycles. The average Bonchev–Trinajstić information content (AvgIpc) is 2.48. The van der Waals surface area contributed by atoms with E-state index in [0.29, 0.717) is 6.42 Å².